The maximum Gasteiger partial charge on any atom is 0.290 e. The van der Waals surface area contributed by atoms with Gasteiger partial charge in [0.1, 0.15) is 0 Å². The van der Waals surface area contributed by atoms with Crippen LogP contribution in [0.2, 0.25) is 0 Å². The van der Waals surface area contributed by atoms with Crippen molar-refractivity contribution in [3.8, 4) is 0 Å². The third-order valence-corrected chi connectivity index (χ3v) is 3.00. The second-order valence-electron chi connectivity index (χ2n) is 4.92. The van der Waals surface area contributed by atoms with Crippen molar-refractivity contribution in [2.24, 2.45) is 13.0 Å². The molecule has 1 aromatic heterocycles. The minimum Gasteiger partial charge on any atom is -0.273 e. The zero-order chi connectivity index (χ0) is 15.6. The van der Waals surface area contributed by atoms with E-state index in [1.807, 2.05) is 0 Å². The summed E-state index contributed by atoms with van der Waals surface area (Å²) in [6.45, 7) is 3.42. The number of nitrogens with zero attached hydrogens (tertiary/aromatic N) is 2. The predicted octanol–water partition coefficient (Wildman–Crippen LogP) is 0.351. The third kappa shape index (κ3) is 2.91. The summed E-state index contributed by atoms with van der Waals surface area (Å²) in [4.78, 5) is 35.6. The molecule has 0 atom stereocenters. The Labute approximate surface area is 120 Å². The molecule has 0 unspecified atom stereocenters. The summed E-state index contributed by atoms with van der Waals surface area (Å²) in [5.41, 5.74) is 4.41. The number of benzene rings is 1. The summed E-state index contributed by atoms with van der Waals surface area (Å²) >= 11 is 0. The van der Waals surface area contributed by atoms with Crippen LogP contribution in [0.15, 0.2) is 29.1 Å². The predicted molar refractivity (Wildman–Crippen MR) is 77.4 cm³/mol. The number of aromatic nitrogens is 2. The van der Waals surface area contributed by atoms with Crippen molar-refractivity contribution in [2.45, 2.75) is 13.8 Å². The fourth-order valence-electron chi connectivity index (χ4n) is 1.79. The summed E-state index contributed by atoms with van der Waals surface area (Å²) in [5, 5.41) is 4.80. The third-order valence-electron chi connectivity index (χ3n) is 3.00. The van der Waals surface area contributed by atoms with Crippen molar-refractivity contribution < 1.29 is 9.59 Å². The van der Waals surface area contributed by atoms with Crippen LogP contribution in [0.25, 0.3) is 10.8 Å². The van der Waals surface area contributed by atoms with Gasteiger partial charge in [0.25, 0.3) is 11.5 Å². The Hall–Kier alpha value is -2.70. The molecule has 7 heteroatoms. The highest BCUT2D eigenvalue weighted by Gasteiger charge is 2.16. The van der Waals surface area contributed by atoms with Crippen molar-refractivity contribution in [3.05, 3.63) is 40.3 Å². The summed E-state index contributed by atoms with van der Waals surface area (Å²) in [7, 11) is 1.47. The van der Waals surface area contributed by atoms with Gasteiger partial charge in [-0.1, -0.05) is 32.0 Å². The Bertz CT molecular complexity index is 764. The van der Waals surface area contributed by atoms with Gasteiger partial charge in [0.15, 0.2) is 5.69 Å². The number of hydrogen-bond acceptors (Lipinski definition) is 4. The molecular formula is C14H16N4O3. The van der Waals surface area contributed by atoms with Gasteiger partial charge in [-0.3, -0.25) is 25.2 Å². The van der Waals surface area contributed by atoms with Crippen LogP contribution in [0, 0.1) is 5.92 Å². The van der Waals surface area contributed by atoms with E-state index in [9.17, 15) is 14.4 Å². The van der Waals surface area contributed by atoms with Crippen LogP contribution in [-0.2, 0) is 11.8 Å². The molecule has 0 radical (unpaired) electrons. The molecule has 0 saturated heterocycles. The summed E-state index contributed by atoms with van der Waals surface area (Å²) < 4.78 is 1.10. The Morgan fingerprint density at radius 2 is 1.76 bits per heavy atom. The van der Waals surface area contributed by atoms with E-state index in [0.29, 0.717) is 10.8 Å². The Morgan fingerprint density at radius 3 is 2.38 bits per heavy atom. The molecule has 0 aliphatic heterocycles. The molecule has 0 saturated carbocycles. The monoisotopic (exact) mass is 288 g/mol. The fraction of sp³-hybridized carbons (Fsp3) is 0.286. The number of carbonyl (C=O) groups is 2. The van der Waals surface area contributed by atoms with Crippen molar-refractivity contribution in [2.75, 3.05) is 0 Å². The van der Waals surface area contributed by atoms with E-state index >= 15 is 0 Å². The summed E-state index contributed by atoms with van der Waals surface area (Å²) in [5.74, 6) is -1.14. The molecular weight excluding hydrogens is 272 g/mol. The molecule has 2 N–H and O–H groups in total. The van der Waals surface area contributed by atoms with Gasteiger partial charge in [-0.25, -0.2) is 4.68 Å². The minimum absolute atomic E-state index is 0.0803. The zero-order valence-corrected chi connectivity index (χ0v) is 12.0. The zero-order valence-electron chi connectivity index (χ0n) is 12.0. The largest absolute Gasteiger partial charge is 0.290 e. The van der Waals surface area contributed by atoms with Crippen LogP contribution >= 0.6 is 0 Å². The molecule has 0 fully saturated rings. The number of amides is 2. The number of hydrazine groups is 1. The van der Waals surface area contributed by atoms with E-state index in [-0.39, 0.29) is 23.1 Å². The van der Waals surface area contributed by atoms with Gasteiger partial charge in [-0.2, -0.15) is 5.10 Å². The normalized spacial score (nSPS) is 10.7. The topological polar surface area (TPSA) is 93.1 Å². The summed E-state index contributed by atoms with van der Waals surface area (Å²) in [6.07, 6.45) is 0. The van der Waals surface area contributed by atoms with Crippen LogP contribution < -0.4 is 16.4 Å². The van der Waals surface area contributed by atoms with E-state index in [0.717, 1.165) is 4.68 Å². The van der Waals surface area contributed by atoms with Gasteiger partial charge in [0, 0.05) is 18.4 Å². The van der Waals surface area contributed by atoms with Crippen LogP contribution in [0.3, 0.4) is 0 Å². The van der Waals surface area contributed by atoms with Gasteiger partial charge in [0.2, 0.25) is 5.91 Å². The first kappa shape index (κ1) is 14.7. The molecule has 2 amide bonds. The Morgan fingerprint density at radius 1 is 1.14 bits per heavy atom. The molecule has 0 bridgehead atoms. The van der Waals surface area contributed by atoms with Crippen LogP contribution in [0.1, 0.15) is 24.3 Å². The lowest BCUT2D eigenvalue weighted by Crippen LogP contribution is -2.44. The van der Waals surface area contributed by atoms with Gasteiger partial charge in [-0.15, -0.1) is 0 Å². The molecule has 110 valence electrons. The average Bonchev–Trinajstić information content (AvgIpc) is 2.48. The van der Waals surface area contributed by atoms with Gasteiger partial charge < -0.3 is 0 Å². The Balaban J connectivity index is 2.38. The van der Waals surface area contributed by atoms with E-state index in [1.54, 1.807) is 38.1 Å². The molecule has 0 aliphatic carbocycles. The van der Waals surface area contributed by atoms with E-state index in [2.05, 4.69) is 16.0 Å². The highest BCUT2D eigenvalue weighted by Crippen LogP contribution is 2.12. The van der Waals surface area contributed by atoms with Crippen molar-refractivity contribution >= 4 is 22.6 Å². The SMILES string of the molecule is CC(C)C(=O)NNC(=O)c1nn(C)c(=O)c2ccccc12. The molecule has 2 rings (SSSR count). The van der Waals surface area contributed by atoms with Gasteiger partial charge in [0.05, 0.1) is 5.39 Å². The number of nitrogens with one attached hydrogen (secondary N) is 2. The lowest BCUT2D eigenvalue weighted by molar-refractivity contribution is -0.124. The number of aryl methyl sites for hydroxylation is 1. The number of rotatable bonds is 2. The van der Waals surface area contributed by atoms with E-state index in [1.165, 1.54) is 7.05 Å². The van der Waals surface area contributed by atoms with Crippen LogP contribution in [-0.4, -0.2) is 21.6 Å². The van der Waals surface area contributed by atoms with E-state index < -0.39 is 5.91 Å². The first-order valence-corrected chi connectivity index (χ1v) is 6.48. The minimum atomic E-state index is -0.573. The maximum atomic E-state index is 12.1. The lowest BCUT2D eigenvalue weighted by atomic mass is 10.1. The standard InChI is InChI=1S/C14H16N4O3/c1-8(2)12(19)15-16-13(20)11-9-6-4-5-7-10(9)14(21)18(3)17-11/h4-8H,1-3H3,(H,15,19)(H,16,20). The molecule has 1 aromatic carbocycles. The highest BCUT2D eigenvalue weighted by molar-refractivity contribution is 6.05. The van der Waals surface area contributed by atoms with Crippen molar-refractivity contribution in [3.63, 3.8) is 0 Å². The average molecular weight is 288 g/mol. The highest BCUT2D eigenvalue weighted by atomic mass is 16.2. The molecule has 21 heavy (non-hydrogen) atoms. The maximum absolute atomic E-state index is 12.1. The number of hydrogen-bond donors (Lipinski definition) is 2. The fourth-order valence-corrected chi connectivity index (χ4v) is 1.79. The quantitative estimate of drug-likeness (QED) is 0.780. The van der Waals surface area contributed by atoms with Gasteiger partial charge >= 0.3 is 0 Å². The lowest BCUT2D eigenvalue weighted by Gasteiger charge is -2.11. The van der Waals surface area contributed by atoms with Gasteiger partial charge in [-0.05, 0) is 6.07 Å². The first-order valence-electron chi connectivity index (χ1n) is 6.48. The van der Waals surface area contributed by atoms with Crippen LogP contribution in [0.4, 0.5) is 0 Å². The second-order valence-corrected chi connectivity index (χ2v) is 4.92. The summed E-state index contributed by atoms with van der Waals surface area (Å²) in [6, 6.07) is 6.70. The molecule has 7 nitrogen and oxygen atoms in total. The molecule has 0 aliphatic rings. The molecule has 0 spiro atoms. The van der Waals surface area contributed by atoms with Crippen molar-refractivity contribution in [1.29, 1.82) is 0 Å². The van der Waals surface area contributed by atoms with Crippen LogP contribution in [0.5, 0.6) is 0 Å². The molecule has 2 aromatic rings. The second kappa shape index (κ2) is 5.74. The first-order chi connectivity index (χ1) is 9.91. The number of carbonyl (C=O) groups excluding carboxylic acids is 2. The van der Waals surface area contributed by atoms with E-state index in [4.69, 9.17) is 0 Å². The number of fused-ring (bicyclic) bond motifs is 1. The Kier molecular flexibility index (Phi) is 4.02. The van der Waals surface area contributed by atoms with Crippen molar-refractivity contribution in [1.82, 2.24) is 20.6 Å². The smallest absolute Gasteiger partial charge is 0.273 e. The molecule has 1 heterocycles.